The van der Waals surface area contributed by atoms with E-state index < -0.39 is 15.9 Å². The highest BCUT2D eigenvalue weighted by atomic mass is 35.5. The summed E-state index contributed by atoms with van der Waals surface area (Å²) in [6.07, 6.45) is 0. The van der Waals surface area contributed by atoms with E-state index in [2.05, 4.69) is 0 Å². The van der Waals surface area contributed by atoms with Crippen LogP contribution in [-0.2, 0) is 23.1 Å². The van der Waals surface area contributed by atoms with Gasteiger partial charge in [-0.3, -0.25) is 10.0 Å². The highest BCUT2D eigenvalue weighted by Crippen LogP contribution is 2.36. The molecule has 0 atom stereocenters. The molecule has 0 spiro atoms. The first-order valence-corrected chi connectivity index (χ1v) is 11.3. The van der Waals surface area contributed by atoms with Crippen LogP contribution in [0.5, 0.6) is 0 Å². The van der Waals surface area contributed by atoms with Gasteiger partial charge in [0, 0.05) is 23.7 Å². The maximum absolute atomic E-state index is 13.3. The molecule has 4 rings (SSSR count). The second-order valence-corrected chi connectivity index (χ2v) is 9.53. The summed E-state index contributed by atoms with van der Waals surface area (Å²) in [5.41, 5.74) is 4.27. The van der Waals surface area contributed by atoms with Crippen molar-refractivity contribution in [2.75, 3.05) is 11.6 Å². The SMILES string of the molecule is O=C(NO)c1ccc(CN2CN(Cc3ccccc3)S(=O)(=O)c3cc(Cl)ccc32)cc1. The van der Waals surface area contributed by atoms with Crippen LogP contribution < -0.4 is 10.4 Å². The monoisotopic (exact) mass is 457 g/mol. The van der Waals surface area contributed by atoms with Gasteiger partial charge in [0.2, 0.25) is 10.0 Å². The summed E-state index contributed by atoms with van der Waals surface area (Å²) >= 11 is 6.12. The van der Waals surface area contributed by atoms with Crippen molar-refractivity contribution in [2.24, 2.45) is 0 Å². The fraction of sp³-hybridized carbons (Fsp3) is 0.136. The standard InChI is InChI=1S/C22H20ClN3O4S/c23-19-10-11-20-21(12-19)31(29,30)26(14-16-4-2-1-3-5-16)15-25(20)13-17-6-8-18(9-7-17)22(27)24-28/h1-12,28H,13-15H2,(H,24,27). The number of hydrogen-bond donors (Lipinski definition) is 2. The molecule has 3 aromatic carbocycles. The summed E-state index contributed by atoms with van der Waals surface area (Å²) < 4.78 is 28.0. The smallest absolute Gasteiger partial charge is 0.274 e. The molecule has 1 heterocycles. The molecule has 3 aromatic rings. The largest absolute Gasteiger partial charge is 0.352 e. The summed E-state index contributed by atoms with van der Waals surface area (Å²) in [4.78, 5) is 13.7. The van der Waals surface area contributed by atoms with Crippen molar-refractivity contribution in [1.29, 1.82) is 0 Å². The number of fused-ring (bicyclic) bond motifs is 1. The number of anilines is 1. The van der Waals surface area contributed by atoms with Crippen molar-refractivity contribution in [3.63, 3.8) is 0 Å². The number of carbonyl (C=O) groups is 1. The lowest BCUT2D eigenvalue weighted by Gasteiger charge is -2.38. The van der Waals surface area contributed by atoms with Gasteiger partial charge in [0.15, 0.2) is 0 Å². The minimum Gasteiger partial charge on any atom is -0.352 e. The summed E-state index contributed by atoms with van der Waals surface area (Å²) in [7, 11) is -3.72. The number of sulfonamides is 1. The van der Waals surface area contributed by atoms with Gasteiger partial charge in [0.25, 0.3) is 5.91 Å². The molecule has 1 amide bonds. The summed E-state index contributed by atoms with van der Waals surface area (Å²) in [6.45, 7) is 0.836. The van der Waals surface area contributed by atoms with Gasteiger partial charge < -0.3 is 4.90 Å². The Kier molecular flexibility index (Phi) is 5.97. The van der Waals surface area contributed by atoms with E-state index in [0.717, 1.165) is 11.1 Å². The predicted molar refractivity (Wildman–Crippen MR) is 117 cm³/mol. The molecular weight excluding hydrogens is 438 g/mol. The first-order chi connectivity index (χ1) is 14.9. The zero-order valence-corrected chi connectivity index (χ0v) is 18.0. The fourth-order valence-electron chi connectivity index (χ4n) is 3.54. The molecule has 0 bridgehead atoms. The number of nitrogens with zero attached hydrogens (tertiary/aromatic N) is 2. The molecule has 9 heteroatoms. The third-order valence-electron chi connectivity index (χ3n) is 5.10. The van der Waals surface area contributed by atoms with Crippen LogP contribution in [0, 0.1) is 0 Å². The second kappa shape index (κ2) is 8.68. The summed E-state index contributed by atoms with van der Waals surface area (Å²) in [5.74, 6) is -0.593. The third-order valence-corrected chi connectivity index (χ3v) is 7.14. The van der Waals surface area contributed by atoms with E-state index in [1.54, 1.807) is 41.9 Å². The van der Waals surface area contributed by atoms with Crippen LogP contribution in [0.25, 0.3) is 0 Å². The Morgan fingerprint density at radius 2 is 1.65 bits per heavy atom. The lowest BCUT2D eigenvalue weighted by atomic mass is 10.1. The Morgan fingerprint density at radius 1 is 0.968 bits per heavy atom. The van der Waals surface area contributed by atoms with E-state index in [1.807, 2.05) is 35.2 Å². The molecule has 0 saturated carbocycles. The lowest BCUT2D eigenvalue weighted by Crippen LogP contribution is -2.45. The Balaban J connectivity index is 1.67. The van der Waals surface area contributed by atoms with E-state index in [4.69, 9.17) is 16.8 Å². The first-order valence-electron chi connectivity index (χ1n) is 9.50. The lowest BCUT2D eigenvalue weighted by molar-refractivity contribution is 0.0706. The number of hydroxylamine groups is 1. The molecule has 2 N–H and O–H groups in total. The van der Waals surface area contributed by atoms with Crippen LogP contribution in [0.3, 0.4) is 0 Å². The Bertz CT molecular complexity index is 1200. The maximum Gasteiger partial charge on any atom is 0.274 e. The van der Waals surface area contributed by atoms with Crippen molar-refractivity contribution in [1.82, 2.24) is 9.79 Å². The topological polar surface area (TPSA) is 89.9 Å². The number of rotatable bonds is 5. The van der Waals surface area contributed by atoms with Crippen LogP contribution in [0.4, 0.5) is 5.69 Å². The van der Waals surface area contributed by atoms with Crippen molar-refractivity contribution >= 4 is 33.2 Å². The van der Waals surface area contributed by atoms with E-state index >= 15 is 0 Å². The van der Waals surface area contributed by atoms with Crippen LogP contribution >= 0.6 is 11.6 Å². The molecular formula is C22H20ClN3O4S. The Labute approximate surface area is 185 Å². The molecule has 7 nitrogen and oxygen atoms in total. The molecule has 0 fully saturated rings. The highest BCUT2D eigenvalue weighted by Gasteiger charge is 2.35. The van der Waals surface area contributed by atoms with E-state index in [9.17, 15) is 13.2 Å². The van der Waals surface area contributed by atoms with E-state index in [-0.39, 0.29) is 18.1 Å². The van der Waals surface area contributed by atoms with Crippen LogP contribution in [0.15, 0.2) is 77.7 Å². The van der Waals surface area contributed by atoms with Crippen molar-refractivity contribution < 1.29 is 18.4 Å². The average molecular weight is 458 g/mol. The van der Waals surface area contributed by atoms with Gasteiger partial charge in [-0.15, -0.1) is 0 Å². The minimum absolute atomic E-state index is 0.165. The molecule has 160 valence electrons. The van der Waals surface area contributed by atoms with Gasteiger partial charge in [0.05, 0.1) is 12.4 Å². The zero-order chi connectivity index (χ0) is 22.0. The van der Waals surface area contributed by atoms with Crippen LogP contribution in [0.1, 0.15) is 21.5 Å². The first kappa shape index (κ1) is 21.3. The minimum atomic E-state index is -3.72. The van der Waals surface area contributed by atoms with Crippen molar-refractivity contribution in [3.05, 3.63) is 94.5 Å². The van der Waals surface area contributed by atoms with E-state index in [1.165, 1.54) is 10.4 Å². The molecule has 31 heavy (non-hydrogen) atoms. The molecule has 1 aliphatic heterocycles. The van der Waals surface area contributed by atoms with Gasteiger partial charge in [-0.05, 0) is 41.5 Å². The van der Waals surface area contributed by atoms with Gasteiger partial charge in [-0.25, -0.2) is 13.9 Å². The van der Waals surface area contributed by atoms with E-state index in [0.29, 0.717) is 22.8 Å². The number of carbonyl (C=O) groups excluding carboxylic acids is 1. The second-order valence-electron chi connectivity index (χ2n) is 7.19. The molecule has 1 aliphatic rings. The predicted octanol–water partition coefficient (Wildman–Crippen LogP) is 3.63. The van der Waals surface area contributed by atoms with Gasteiger partial charge in [-0.1, -0.05) is 54.1 Å². The summed E-state index contributed by atoms with van der Waals surface area (Å²) in [6, 6.07) is 21.0. The van der Waals surface area contributed by atoms with Crippen molar-refractivity contribution in [3.8, 4) is 0 Å². The van der Waals surface area contributed by atoms with Gasteiger partial charge in [0.1, 0.15) is 4.90 Å². The maximum atomic E-state index is 13.3. The van der Waals surface area contributed by atoms with Gasteiger partial charge >= 0.3 is 0 Å². The average Bonchev–Trinajstić information content (AvgIpc) is 2.78. The number of nitrogens with one attached hydrogen (secondary N) is 1. The Hall–Kier alpha value is -2.91. The fourth-order valence-corrected chi connectivity index (χ4v) is 5.40. The highest BCUT2D eigenvalue weighted by molar-refractivity contribution is 7.89. The number of benzene rings is 3. The van der Waals surface area contributed by atoms with Crippen LogP contribution in [-0.4, -0.2) is 30.5 Å². The number of halogens is 1. The molecule has 0 aliphatic carbocycles. The van der Waals surface area contributed by atoms with Crippen LogP contribution in [0.2, 0.25) is 5.02 Å². The van der Waals surface area contributed by atoms with Gasteiger partial charge in [-0.2, -0.15) is 4.31 Å². The Morgan fingerprint density at radius 3 is 2.32 bits per heavy atom. The van der Waals surface area contributed by atoms with Crippen molar-refractivity contribution in [2.45, 2.75) is 18.0 Å². The zero-order valence-electron chi connectivity index (χ0n) is 16.4. The normalized spacial score (nSPS) is 15.4. The molecule has 0 saturated heterocycles. The molecule has 0 aromatic heterocycles. The number of amides is 1. The summed E-state index contributed by atoms with van der Waals surface area (Å²) in [5, 5.41) is 9.12. The number of hydrogen-bond acceptors (Lipinski definition) is 5. The third kappa shape index (κ3) is 4.42. The quantitative estimate of drug-likeness (QED) is 0.451. The molecule has 0 unspecified atom stereocenters. The molecule has 0 radical (unpaired) electrons.